The van der Waals surface area contributed by atoms with E-state index in [9.17, 15) is 0 Å². The molecule has 238 valence electrons. The van der Waals surface area contributed by atoms with Gasteiger partial charge in [-0.15, -0.1) is 0 Å². The SMILES string of the molecule is c1ccc(-c2ccc(-c3nc(-c4ccc5ccccc5c4)nc(-c4ccc(-c5ccc6ccccc6c5)c5oc6ccccc6c45)n3)cc2)cc1. The van der Waals surface area contributed by atoms with Crippen LogP contribution in [0.3, 0.4) is 0 Å². The predicted octanol–water partition coefficient (Wildman–Crippen LogP) is 12.4. The molecule has 0 spiro atoms. The van der Waals surface area contributed by atoms with Gasteiger partial charge in [0.1, 0.15) is 11.2 Å². The zero-order valence-electron chi connectivity index (χ0n) is 27.5. The number of rotatable bonds is 5. The summed E-state index contributed by atoms with van der Waals surface area (Å²) in [4.78, 5) is 15.5. The van der Waals surface area contributed by atoms with Gasteiger partial charge in [0, 0.05) is 33.0 Å². The molecule has 2 heterocycles. The Morgan fingerprint density at radius 1 is 0.333 bits per heavy atom. The van der Waals surface area contributed by atoms with Crippen LogP contribution in [0.1, 0.15) is 0 Å². The highest BCUT2D eigenvalue weighted by Gasteiger charge is 2.21. The molecule has 51 heavy (non-hydrogen) atoms. The minimum atomic E-state index is 0.594. The molecule has 0 N–H and O–H groups in total. The van der Waals surface area contributed by atoms with Crippen LogP contribution in [0.5, 0.6) is 0 Å². The second-order valence-electron chi connectivity index (χ2n) is 12.8. The molecule has 0 atom stereocenters. The van der Waals surface area contributed by atoms with Crippen LogP contribution >= 0.6 is 0 Å². The van der Waals surface area contributed by atoms with E-state index in [1.807, 2.05) is 18.2 Å². The molecule has 0 saturated heterocycles. The Labute approximate surface area is 294 Å². The van der Waals surface area contributed by atoms with Gasteiger partial charge in [-0.2, -0.15) is 0 Å². The first-order valence-electron chi connectivity index (χ1n) is 17.1. The zero-order valence-corrected chi connectivity index (χ0v) is 27.5. The van der Waals surface area contributed by atoms with Gasteiger partial charge >= 0.3 is 0 Å². The third-order valence-electron chi connectivity index (χ3n) is 9.72. The number of benzene rings is 8. The molecule has 2 aromatic heterocycles. The van der Waals surface area contributed by atoms with Crippen LogP contribution in [0.15, 0.2) is 180 Å². The first kappa shape index (κ1) is 29.0. The van der Waals surface area contributed by atoms with Crippen molar-refractivity contribution in [1.82, 2.24) is 15.0 Å². The lowest BCUT2D eigenvalue weighted by molar-refractivity contribution is 0.670. The summed E-state index contributed by atoms with van der Waals surface area (Å²) in [7, 11) is 0. The highest BCUT2D eigenvalue weighted by molar-refractivity contribution is 6.16. The number of aromatic nitrogens is 3. The second kappa shape index (κ2) is 11.9. The minimum absolute atomic E-state index is 0.594. The molecule has 4 nitrogen and oxygen atoms in total. The maximum absolute atomic E-state index is 6.67. The fourth-order valence-electron chi connectivity index (χ4n) is 7.12. The van der Waals surface area contributed by atoms with Crippen LogP contribution in [-0.2, 0) is 0 Å². The summed E-state index contributed by atoms with van der Waals surface area (Å²) in [5.41, 5.74) is 8.80. The Morgan fingerprint density at radius 2 is 0.843 bits per heavy atom. The number of hydrogen-bond donors (Lipinski definition) is 0. The van der Waals surface area contributed by atoms with Crippen molar-refractivity contribution in [3.8, 4) is 56.4 Å². The largest absolute Gasteiger partial charge is 0.455 e. The lowest BCUT2D eigenvalue weighted by Gasteiger charge is -2.12. The van der Waals surface area contributed by atoms with Gasteiger partial charge in [-0.1, -0.05) is 146 Å². The van der Waals surface area contributed by atoms with Crippen molar-refractivity contribution < 1.29 is 4.42 Å². The van der Waals surface area contributed by atoms with E-state index >= 15 is 0 Å². The van der Waals surface area contributed by atoms with Crippen molar-refractivity contribution in [2.24, 2.45) is 0 Å². The minimum Gasteiger partial charge on any atom is -0.455 e. The number of furan rings is 1. The van der Waals surface area contributed by atoms with Gasteiger partial charge in [0.05, 0.1) is 0 Å². The van der Waals surface area contributed by atoms with E-state index < -0.39 is 0 Å². The van der Waals surface area contributed by atoms with E-state index in [4.69, 9.17) is 19.4 Å². The fraction of sp³-hybridized carbons (Fsp3) is 0. The fourth-order valence-corrected chi connectivity index (χ4v) is 7.12. The summed E-state index contributed by atoms with van der Waals surface area (Å²) in [5.74, 6) is 1.83. The van der Waals surface area contributed by atoms with Crippen LogP contribution in [-0.4, -0.2) is 15.0 Å². The quantitative estimate of drug-likeness (QED) is 0.186. The average molecular weight is 652 g/mol. The maximum atomic E-state index is 6.67. The molecule has 0 radical (unpaired) electrons. The first-order valence-corrected chi connectivity index (χ1v) is 17.1. The van der Waals surface area contributed by atoms with Crippen LogP contribution in [0, 0.1) is 0 Å². The van der Waals surface area contributed by atoms with Gasteiger partial charge in [-0.05, 0) is 68.6 Å². The lowest BCUT2D eigenvalue weighted by atomic mass is 9.96. The van der Waals surface area contributed by atoms with Crippen molar-refractivity contribution >= 4 is 43.5 Å². The van der Waals surface area contributed by atoms with Gasteiger partial charge in [0.15, 0.2) is 17.5 Å². The molecule has 0 unspecified atom stereocenters. The molecule has 10 rings (SSSR count). The summed E-state index contributed by atoms with van der Waals surface area (Å²) in [6, 6.07) is 61.1. The van der Waals surface area contributed by atoms with Gasteiger partial charge < -0.3 is 4.42 Å². The number of nitrogens with zero attached hydrogens (tertiary/aromatic N) is 3. The molecular weight excluding hydrogens is 623 g/mol. The summed E-state index contributed by atoms with van der Waals surface area (Å²) in [5, 5.41) is 6.69. The molecule has 10 aromatic rings. The monoisotopic (exact) mass is 651 g/mol. The first-order chi connectivity index (χ1) is 25.2. The van der Waals surface area contributed by atoms with Gasteiger partial charge in [0.25, 0.3) is 0 Å². The number of para-hydroxylation sites is 1. The summed E-state index contributed by atoms with van der Waals surface area (Å²) in [6.45, 7) is 0. The Balaban J connectivity index is 1.19. The van der Waals surface area contributed by atoms with E-state index in [2.05, 4.69) is 158 Å². The molecule has 0 amide bonds. The Hall–Kier alpha value is -6.91. The molecule has 0 bridgehead atoms. The zero-order chi connectivity index (χ0) is 33.7. The van der Waals surface area contributed by atoms with Crippen LogP contribution in [0.2, 0.25) is 0 Å². The van der Waals surface area contributed by atoms with E-state index in [-0.39, 0.29) is 0 Å². The summed E-state index contributed by atoms with van der Waals surface area (Å²) < 4.78 is 6.67. The predicted molar refractivity (Wildman–Crippen MR) is 209 cm³/mol. The van der Waals surface area contributed by atoms with Crippen molar-refractivity contribution in [3.05, 3.63) is 176 Å². The highest BCUT2D eigenvalue weighted by Crippen LogP contribution is 2.42. The standard InChI is InChI=1S/C47H29N3O/c1-2-10-30(11-3-1)33-18-22-34(23-19-33)45-48-46(38-25-21-32-13-5-7-15-36(32)29-38)50-47(49-45)41-27-26-39(37-24-20-31-12-4-6-14-35(31)28-37)44-43(41)40-16-8-9-17-42(40)51-44/h1-29H. The molecule has 8 aromatic carbocycles. The van der Waals surface area contributed by atoms with Crippen LogP contribution < -0.4 is 0 Å². The Bertz CT molecular complexity index is 2910. The van der Waals surface area contributed by atoms with Crippen LogP contribution in [0.4, 0.5) is 0 Å². The topological polar surface area (TPSA) is 51.8 Å². The van der Waals surface area contributed by atoms with E-state index in [1.54, 1.807) is 0 Å². The molecule has 0 fully saturated rings. The van der Waals surface area contributed by atoms with E-state index in [1.165, 1.54) is 16.2 Å². The molecule has 0 aliphatic heterocycles. The van der Waals surface area contributed by atoms with Gasteiger partial charge in [-0.25, -0.2) is 15.0 Å². The third kappa shape index (κ3) is 5.13. The molecule has 0 saturated carbocycles. The molecule has 0 aliphatic carbocycles. The van der Waals surface area contributed by atoms with Crippen molar-refractivity contribution in [3.63, 3.8) is 0 Å². The normalized spacial score (nSPS) is 11.5. The second-order valence-corrected chi connectivity index (χ2v) is 12.8. The Kier molecular flexibility index (Phi) is 6.78. The highest BCUT2D eigenvalue weighted by atomic mass is 16.3. The van der Waals surface area contributed by atoms with Gasteiger partial charge in [-0.3, -0.25) is 0 Å². The lowest BCUT2D eigenvalue weighted by Crippen LogP contribution is -2.00. The summed E-state index contributed by atoms with van der Waals surface area (Å²) in [6.07, 6.45) is 0. The molecule has 0 aliphatic rings. The van der Waals surface area contributed by atoms with E-state index in [0.717, 1.165) is 66.3 Å². The Morgan fingerprint density at radius 3 is 1.59 bits per heavy atom. The van der Waals surface area contributed by atoms with E-state index in [0.29, 0.717) is 17.5 Å². The number of hydrogen-bond acceptors (Lipinski definition) is 4. The van der Waals surface area contributed by atoms with Gasteiger partial charge in [0.2, 0.25) is 0 Å². The smallest absolute Gasteiger partial charge is 0.164 e. The molecular formula is C47H29N3O. The van der Waals surface area contributed by atoms with Crippen LogP contribution in [0.25, 0.3) is 99.9 Å². The maximum Gasteiger partial charge on any atom is 0.164 e. The molecule has 4 heteroatoms. The third-order valence-corrected chi connectivity index (χ3v) is 9.72. The number of fused-ring (bicyclic) bond motifs is 5. The van der Waals surface area contributed by atoms with Crippen molar-refractivity contribution in [2.45, 2.75) is 0 Å². The average Bonchev–Trinajstić information content (AvgIpc) is 3.60. The van der Waals surface area contributed by atoms with Crippen molar-refractivity contribution in [1.29, 1.82) is 0 Å². The van der Waals surface area contributed by atoms with Crippen molar-refractivity contribution in [2.75, 3.05) is 0 Å². The summed E-state index contributed by atoms with van der Waals surface area (Å²) >= 11 is 0.